The predicted octanol–water partition coefficient (Wildman–Crippen LogP) is 3.88. The van der Waals surface area contributed by atoms with Gasteiger partial charge < -0.3 is 10.8 Å². The Kier molecular flexibility index (Phi) is 6.40. The van der Waals surface area contributed by atoms with Crippen LogP contribution in [0.3, 0.4) is 0 Å². The molecule has 2 atom stereocenters. The summed E-state index contributed by atoms with van der Waals surface area (Å²) in [5, 5.41) is 10.2. The van der Waals surface area contributed by atoms with E-state index in [0.717, 1.165) is 5.56 Å². The zero-order valence-corrected chi connectivity index (χ0v) is 12.8. The minimum Gasteiger partial charge on any atom is -0.481 e. The van der Waals surface area contributed by atoms with Gasteiger partial charge in [-0.2, -0.15) is 0 Å². The Bertz CT molecular complexity index is 465. The fraction of sp³-hybridized carbons (Fsp3) is 0.462. The van der Waals surface area contributed by atoms with Crippen LogP contribution < -0.4 is 5.73 Å². The van der Waals surface area contributed by atoms with Crippen molar-refractivity contribution in [1.29, 1.82) is 0 Å². The molecule has 0 amide bonds. The van der Waals surface area contributed by atoms with Crippen LogP contribution in [-0.2, 0) is 11.2 Å². The lowest BCUT2D eigenvalue weighted by molar-refractivity contribution is -0.141. The van der Waals surface area contributed by atoms with E-state index in [-0.39, 0.29) is 12.5 Å². The highest BCUT2D eigenvalue weighted by atomic mass is 35.5. The quantitative estimate of drug-likeness (QED) is 0.781. The third-order valence-electron chi connectivity index (χ3n) is 3.00. The number of benzene rings is 1. The van der Waals surface area contributed by atoms with Crippen LogP contribution >= 0.6 is 34.8 Å². The molecule has 0 aliphatic heterocycles. The molecule has 0 aliphatic carbocycles. The molecule has 0 fully saturated rings. The fourth-order valence-electron chi connectivity index (χ4n) is 1.97. The predicted molar refractivity (Wildman–Crippen MR) is 79.1 cm³/mol. The summed E-state index contributed by atoms with van der Waals surface area (Å²) in [4.78, 5) is 10.9. The molecule has 0 aliphatic rings. The highest BCUT2D eigenvalue weighted by Gasteiger charge is 2.20. The molecule has 3 nitrogen and oxygen atoms in total. The molecular weight excluding hydrogens is 309 g/mol. The number of halogens is 3. The third kappa shape index (κ3) is 4.53. The van der Waals surface area contributed by atoms with E-state index in [2.05, 4.69) is 0 Å². The lowest BCUT2D eigenvalue weighted by Crippen LogP contribution is -2.25. The summed E-state index contributed by atoms with van der Waals surface area (Å²) in [7, 11) is 0. The molecule has 106 valence electrons. The number of carbonyl (C=O) groups is 1. The second-order valence-electron chi connectivity index (χ2n) is 4.65. The van der Waals surface area contributed by atoms with Gasteiger partial charge in [-0.3, -0.25) is 4.79 Å². The molecule has 0 saturated heterocycles. The first kappa shape index (κ1) is 16.6. The van der Waals surface area contributed by atoms with Crippen LogP contribution in [0.25, 0.3) is 0 Å². The van der Waals surface area contributed by atoms with Crippen LogP contribution in [0.1, 0.15) is 18.9 Å². The molecular formula is C13H16Cl3NO2. The first-order valence-corrected chi connectivity index (χ1v) is 7.05. The van der Waals surface area contributed by atoms with Crippen molar-refractivity contribution in [3.63, 3.8) is 0 Å². The van der Waals surface area contributed by atoms with Crippen molar-refractivity contribution in [3.8, 4) is 0 Å². The van der Waals surface area contributed by atoms with Crippen molar-refractivity contribution in [2.45, 2.75) is 19.8 Å². The number of nitrogens with two attached hydrogens (primary N) is 1. The maximum atomic E-state index is 10.9. The van der Waals surface area contributed by atoms with Crippen LogP contribution in [0, 0.1) is 11.8 Å². The molecule has 0 saturated carbocycles. The van der Waals surface area contributed by atoms with Crippen LogP contribution in [0.5, 0.6) is 0 Å². The number of hydrogen-bond donors (Lipinski definition) is 2. The molecule has 0 radical (unpaired) electrons. The maximum Gasteiger partial charge on any atom is 0.307 e. The van der Waals surface area contributed by atoms with Crippen LogP contribution in [0.4, 0.5) is 0 Å². The summed E-state index contributed by atoms with van der Waals surface area (Å²) in [6.07, 6.45) is 1.14. The van der Waals surface area contributed by atoms with Crippen molar-refractivity contribution in [2.75, 3.05) is 6.54 Å². The van der Waals surface area contributed by atoms with Gasteiger partial charge in [0.25, 0.3) is 0 Å². The molecule has 1 aromatic carbocycles. The molecule has 2 unspecified atom stereocenters. The molecule has 3 N–H and O–H groups in total. The average Bonchev–Trinajstić information content (AvgIpc) is 2.36. The molecule has 0 bridgehead atoms. The second kappa shape index (κ2) is 7.34. The first-order chi connectivity index (χ1) is 8.86. The SMILES string of the molecule is CC(Cc1ccc(Cl)c(Cl)c1Cl)CC(CN)C(=O)O. The van der Waals surface area contributed by atoms with E-state index in [4.69, 9.17) is 45.6 Å². The Labute approximate surface area is 127 Å². The van der Waals surface area contributed by atoms with Crippen LogP contribution in [0.15, 0.2) is 12.1 Å². The average molecular weight is 325 g/mol. The minimum absolute atomic E-state index is 0.134. The lowest BCUT2D eigenvalue weighted by Gasteiger charge is -2.17. The number of aliphatic carboxylic acids is 1. The van der Waals surface area contributed by atoms with Crippen molar-refractivity contribution < 1.29 is 9.90 Å². The normalized spacial score (nSPS) is 14.2. The molecule has 6 heteroatoms. The molecule has 0 heterocycles. The molecule has 0 spiro atoms. The van der Waals surface area contributed by atoms with E-state index < -0.39 is 11.9 Å². The van der Waals surface area contributed by atoms with Crippen molar-refractivity contribution in [3.05, 3.63) is 32.8 Å². The van der Waals surface area contributed by atoms with Gasteiger partial charge in [-0.15, -0.1) is 0 Å². The van der Waals surface area contributed by atoms with Crippen LogP contribution in [0.2, 0.25) is 15.1 Å². The second-order valence-corrected chi connectivity index (χ2v) is 5.81. The van der Waals surface area contributed by atoms with E-state index in [0.29, 0.717) is 27.9 Å². The standard InChI is InChI=1S/C13H16Cl3NO2/c1-7(5-9(6-17)13(18)19)4-8-2-3-10(14)12(16)11(8)15/h2-3,7,9H,4-6,17H2,1H3,(H,18,19). The van der Waals surface area contributed by atoms with Gasteiger partial charge in [-0.05, 0) is 30.4 Å². The van der Waals surface area contributed by atoms with Crippen molar-refractivity contribution >= 4 is 40.8 Å². The van der Waals surface area contributed by atoms with Gasteiger partial charge in [0, 0.05) is 6.54 Å². The van der Waals surface area contributed by atoms with Crippen LogP contribution in [-0.4, -0.2) is 17.6 Å². The summed E-state index contributed by atoms with van der Waals surface area (Å²) in [5.74, 6) is -1.26. The summed E-state index contributed by atoms with van der Waals surface area (Å²) >= 11 is 18.0. The number of carboxylic acid groups (broad SMARTS) is 1. The molecule has 19 heavy (non-hydrogen) atoms. The fourth-order valence-corrected chi connectivity index (χ4v) is 2.60. The smallest absolute Gasteiger partial charge is 0.307 e. The first-order valence-electron chi connectivity index (χ1n) is 5.92. The summed E-state index contributed by atoms with van der Waals surface area (Å²) < 4.78 is 0. The Morgan fingerprint density at radius 2 is 1.95 bits per heavy atom. The monoisotopic (exact) mass is 323 g/mol. The Balaban J connectivity index is 2.75. The van der Waals surface area contributed by atoms with Gasteiger partial charge in [0.15, 0.2) is 0 Å². The highest BCUT2D eigenvalue weighted by molar-refractivity contribution is 6.48. The van der Waals surface area contributed by atoms with Gasteiger partial charge in [-0.25, -0.2) is 0 Å². The van der Waals surface area contributed by atoms with Gasteiger partial charge in [0.2, 0.25) is 0 Å². The largest absolute Gasteiger partial charge is 0.481 e. The number of rotatable bonds is 6. The maximum absolute atomic E-state index is 10.9. The van der Waals surface area contributed by atoms with E-state index >= 15 is 0 Å². The Morgan fingerprint density at radius 1 is 1.32 bits per heavy atom. The minimum atomic E-state index is -0.866. The van der Waals surface area contributed by atoms with Crippen molar-refractivity contribution in [1.82, 2.24) is 0 Å². The van der Waals surface area contributed by atoms with Gasteiger partial charge in [0.05, 0.1) is 21.0 Å². The van der Waals surface area contributed by atoms with Crippen molar-refractivity contribution in [2.24, 2.45) is 17.6 Å². The van der Waals surface area contributed by atoms with E-state index in [1.807, 2.05) is 13.0 Å². The Morgan fingerprint density at radius 3 is 2.47 bits per heavy atom. The number of hydrogen-bond acceptors (Lipinski definition) is 2. The summed E-state index contributed by atoms with van der Waals surface area (Å²) in [5.41, 5.74) is 6.31. The summed E-state index contributed by atoms with van der Waals surface area (Å²) in [6.45, 7) is 2.10. The zero-order chi connectivity index (χ0) is 14.6. The molecule has 1 rings (SSSR count). The topological polar surface area (TPSA) is 63.3 Å². The summed E-state index contributed by atoms with van der Waals surface area (Å²) in [6, 6.07) is 3.50. The van der Waals surface area contributed by atoms with Gasteiger partial charge >= 0.3 is 5.97 Å². The molecule has 0 aromatic heterocycles. The van der Waals surface area contributed by atoms with E-state index in [1.165, 1.54) is 0 Å². The molecule has 1 aromatic rings. The van der Waals surface area contributed by atoms with E-state index in [9.17, 15) is 4.79 Å². The zero-order valence-electron chi connectivity index (χ0n) is 10.5. The van der Waals surface area contributed by atoms with E-state index in [1.54, 1.807) is 6.07 Å². The van der Waals surface area contributed by atoms with Gasteiger partial charge in [-0.1, -0.05) is 47.8 Å². The lowest BCUT2D eigenvalue weighted by atomic mass is 9.91. The number of carboxylic acids is 1. The highest BCUT2D eigenvalue weighted by Crippen LogP contribution is 2.34. The Hall–Kier alpha value is -0.480. The van der Waals surface area contributed by atoms with Gasteiger partial charge in [0.1, 0.15) is 0 Å². The third-order valence-corrected chi connectivity index (χ3v) is 4.34.